The predicted molar refractivity (Wildman–Crippen MR) is 68.0 cm³/mol. The van der Waals surface area contributed by atoms with Gasteiger partial charge in [-0.1, -0.05) is 11.6 Å². The zero-order valence-corrected chi connectivity index (χ0v) is 10.5. The van der Waals surface area contributed by atoms with Crippen LogP contribution in [0.1, 0.15) is 21.9 Å². The normalized spacial score (nSPS) is 10.4. The molecule has 0 aliphatic carbocycles. The Labute approximate surface area is 109 Å². The summed E-state index contributed by atoms with van der Waals surface area (Å²) >= 11 is 5.88. The number of methoxy groups -OCH3 is 1. The lowest BCUT2D eigenvalue weighted by molar-refractivity contribution is 0.100. The van der Waals surface area contributed by atoms with E-state index in [0.717, 1.165) is 0 Å². The van der Waals surface area contributed by atoms with Crippen molar-refractivity contribution in [2.45, 2.75) is 6.54 Å². The van der Waals surface area contributed by atoms with Gasteiger partial charge in [0.2, 0.25) is 5.78 Å². The summed E-state index contributed by atoms with van der Waals surface area (Å²) in [4.78, 5) is 12.2. The second-order valence-corrected chi connectivity index (χ2v) is 4.08. The van der Waals surface area contributed by atoms with Gasteiger partial charge in [0.25, 0.3) is 0 Å². The number of carbonyl (C=O) groups is 1. The van der Waals surface area contributed by atoms with Crippen LogP contribution in [0.4, 0.5) is 0 Å². The molecule has 0 spiro atoms. The van der Waals surface area contributed by atoms with Crippen LogP contribution in [-0.4, -0.2) is 12.9 Å². The van der Waals surface area contributed by atoms with Crippen LogP contribution in [0.15, 0.2) is 34.7 Å². The minimum atomic E-state index is -0.283. The first kappa shape index (κ1) is 12.7. The highest BCUT2D eigenvalue weighted by atomic mass is 35.5. The van der Waals surface area contributed by atoms with Crippen LogP contribution >= 0.6 is 11.6 Å². The van der Waals surface area contributed by atoms with Crippen LogP contribution < -0.4 is 10.5 Å². The van der Waals surface area contributed by atoms with Gasteiger partial charge in [-0.3, -0.25) is 4.79 Å². The molecule has 0 radical (unpaired) electrons. The Morgan fingerprint density at radius 1 is 1.39 bits per heavy atom. The van der Waals surface area contributed by atoms with Crippen LogP contribution in [-0.2, 0) is 6.54 Å². The van der Waals surface area contributed by atoms with Crippen molar-refractivity contribution in [2.24, 2.45) is 5.73 Å². The second-order valence-electron chi connectivity index (χ2n) is 3.64. The number of ether oxygens (including phenoxy) is 1. The van der Waals surface area contributed by atoms with E-state index in [4.69, 9.17) is 26.5 Å². The Hall–Kier alpha value is -1.78. The number of furan rings is 1. The Bertz CT molecular complexity index is 577. The van der Waals surface area contributed by atoms with Gasteiger partial charge in [-0.15, -0.1) is 0 Å². The van der Waals surface area contributed by atoms with Crippen molar-refractivity contribution in [3.8, 4) is 5.75 Å². The van der Waals surface area contributed by atoms with Gasteiger partial charge in [0, 0.05) is 5.02 Å². The fourth-order valence-electron chi connectivity index (χ4n) is 1.60. The van der Waals surface area contributed by atoms with E-state index in [2.05, 4.69) is 0 Å². The van der Waals surface area contributed by atoms with E-state index >= 15 is 0 Å². The number of rotatable bonds is 4. The lowest BCUT2D eigenvalue weighted by Crippen LogP contribution is -2.03. The summed E-state index contributed by atoms with van der Waals surface area (Å²) in [6, 6.07) is 8.11. The van der Waals surface area contributed by atoms with Crippen molar-refractivity contribution in [1.82, 2.24) is 0 Å². The Balaban J connectivity index is 2.41. The van der Waals surface area contributed by atoms with Crippen molar-refractivity contribution in [1.29, 1.82) is 0 Å². The molecule has 18 heavy (non-hydrogen) atoms. The zero-order valence-electron chi connectivity index (χ0n) is 9.77. The molecular formula is C13H12ClNO3. The van der Waals surface area contributed by atoms with Crippen molar-refractivity contribution >= 4 is 17.4 Å². The van der Waals surface area contributed by atoms with Crippen LogP contribution in [0, 0.1) is 0 Å². The molecule has 0 atom stereocenters. The molecule has 0 unspecified atom stereocenters. The van der Waals surface area contributed by atoms with Crippen molar-refractivity contribution in [3.05, 3.63) is 52.4 Å². The maximum Gasteiger partial charge on any atom is 0.231 e. The third kappa shape index (κ3) is 2.39. The maximum atomic E-state index is 12.2. The quantitative estimate of drug-likeness (QED) is 0.863. The molecule has 2 rings (SSSR count). The van der Waals surface area contributed by atoms with Crippen LogP contribution in [0.2, 0.25) is 5.02 Å². The Morgan fingerprint density at radius 3 is 2.78 bits per heavy atom. The minimum absolute atomic E-state index is 0.219. The topological polar surface area (TPSA) is 65.5 Å². The lowest BCUT2D eigenvalue weighted by Gasteiger charge is -2.06. The fraction of sp³-hybridized carbons (Fsp3) is 0.154. The summed E-state index contributed by atoms with van der Waals surface area (Å²) in [5.74, 6) is 0.944. The number of benzene rings is 1. The smallest absolute Gasteiger partial charge is 0.231 e. The first-order valence-corrected chi connectivity index (χ1v) is 5.70. The van der Waals surface area contributed by atoms with Gasteiger partial charge < -0.3 is 14.9 Å². The molecule has 0 bridgehead atoms. The van der Waals surface area contributed by atoms with E-state index < -0.39 is 0 Å². The largest absolute Gasteiger partial charge is 0.496 e. The van der Waals surface area contributed by atoms with Gasteiger partial charge in [-0.2, -0.15) is 0 Å². The molecule has 5 heteroatoms. The van der Waals surface area contributed by atoms with Gasteiger partial charge in [0.15, 0.2) is 5.76 Å². The molecule has 4 nitrogen and oxygen atoms in total. The third-order valence-electron chi connectivity index (χ3n) is 2.49. The maximum absolute atomic E-state index is 12.2. The summed E-state index contributed by atoms with van der Waals surface area (Å²) in [6.07, 6.45) is 0. The minimum Gasteiger partial charge on any atom is -0.496 e. The molecule has 0 amide bonds. The SMILES string of the molecule is COc1ccc(Cl)cc1C(=O)c1ccc(CN)o1. The molecule has 94 valence electrons. The number of carbonyl (C=O) groups excluding carboxylic acids is 1. The van der Waals surface area contributed by atoms with E-state index in [-0.39, 0.29) is 18.1 Å². The predicted octanol–water partition coefficient (Wildman–Crippen LogP) is 2.63. The molecule has 0 saturated heterocycles. The summed E-state index contributed by atoms with van der Waals surface area (Å²) in [5.41, 5.74) is 5.80. The Kier molecular flexibility index (Phi) is 3.69. The van der Waals surface area contributed by atoms with Gasteiger partial charge in [0.1, 0.15) is 11.5 Å². The van der Waals surface area contributed by atoms with Crippen LogP contribution in [0.25, 0.3) is 0 Å². The van der Waals surface area contributed by atoms with Crippen LogP contribution in [0.3, 0.4) is 0 Å². The highest BCUT2D eigenvalue weighted by molar-refractivity contribution is 6.31. The summed E-state index contributed by atoms with van der Waals surface area (Å²) in [7, 11) is 1.49. The summed E-state index contributed by atoms with van der Waals surface area (Å²) in [6.45, 7) is 0.250. The third-order valence-corrected chi connectivity index (χ3v) is 2.73. The van der Waals surface area contributed by atoms with Crippen molar-refractivity contribution < 1.29 is 13.9 Å². The number of hydrogen-bond acceptors (Lipinski definition) is 4. The molecule has 1 aromatic heterocycles. The van der Waals surface area contributed by atoms with E-state index in [1.807, 2.05) is 0 Å². The molecule has 2 aromatic rings. The summed E-state index contributed by atoms with van der Waals surface area (Å²) < 4.78 is 10.4. The monoisotopic (exact) mass is 265 g/mol. The highest BCUT2D eigenvalue weighted by Crippen LogP contribution is 2.25. The van der Waals surface area contributed by atoms with E-state index in [9.17, 15) is 4.79 Å². The van der Waals surface area contributed by atoms with Crippen molar-refractivity contribution in [3.63, 3.8) is 0 Å². The van der Waals surface area contributed by atoms with Gasteiger partial charge >= 0.3 is 0 Å². The molecule has 0 fully saturated rings. The van der Waals surface area contributed by atoms with Crippen molar-refractivity contribution in [2.75, 3.05) is 7.11 Å². The first-order valence-electron chi connectivity index (χ1n) is 5.32. The number of nitrogens with two attached hydrogens (primary N) is 1. The summed E-state index contributed by atoms with van der Waals surface area (Å²) in [5, 5.41) is 0.463. The van der Waals surface area contributed by atoms with Crippen LogP contribution in [0.5, 0.6) is 5.75 Å². The first-order chi connectivity index (χ1) is 8.65. The standard InChI is InChI=1S/C13H12ClNO3/c1-17-11-4-2-8(14)6-10(11)13(16)12-5-3-9(7-15)18-12/h2-6H,7,15H2,1H3. The van der Waals surface area contributed by atoms with E-state index in [0.29, 0.717) is 22.1 Å². The number of halogens is 1. The van der Waals surface area contributed by atoms with Gasteiger partial charge in [0.05, 0.1) is 19.2 Å². The van der Waals surface area contributed by atoms with E-state index in [1.54, 1.807) is 30.3 Å². The molecule has 1 heterocycles. The molecule has 1 aromatic carbocycles. The number of hydrogen-bond donors (Lipinski definition) is 1. The highest BCUT2D eigenvalue weighted by Gasteiger charge is 2.18. The molecule has 2 N–H and O–H groups in total. The van der Waals surface area contributed by atoms with Gasteiger partial charge in [-0.25, -0.2) is 0 Å². The molecule has 0 saturated carbocycles. The molecule has 0 aliphatic heterocycles. The lowest BCUT2D eigenvalue weighted by atomic mass is 10.1. The average molecular weight is 266 g/mol. The van der Waals surface area contributed by atoms with Gasteiger partial charge in [-0.05, 0) is 30.3 Å². The Morgan fingerprint density at radius 2 is 2.17 bits per heavy atom. The number of ketones is 1. The molecular weight excluding hydrogens is 254 g/mol. The fourth-order valence-corrected chi connectivity index (χ4v) is 1.77. The molecule has 0 aliphatic rings. The second kappa shape index (κ2) is 5.25. The van der Waals surface area contributed by atoms with E-state index in [1.165, 1.54) is 7.11 Å². The average Bonchev–Trinajstić information content (AvgIpc) is 2.86. The zero-order chi connectivity index (χ0) is 13.1.